The molecule has 2 rings (SSSR count). The van der Waals surface area contributed by atoms with Gasteiger partial charge in [0.15, 0.2) is 0 Å². The smallest absolute Gasteiger partial charge is 0.234 e. The molecule has 0 bridgehead atoms. The van der Waals surface area contributed by atoms with Crippen molar-refractivity contribution in [3.05, 3.63) is 58.7 Å². The molecule has 0 saturated carbocycles. The standard InChI is InChI=1S/C18H21NO2S/c1-12-4-6-16(7-5-12)19-17(20)11-22-10-15-9-13(2)8-14(3)18(15)21/h4-9,21H,10-11H2,1-3H3,(H,19,20). The molecule has 0 radical (unpaired) electrons. The molecule has 0 heterocycles. The first kappa shape index (κ1) is 16.4. The lowest BCUT2D eigenvalue weighted by Gasteiger charge is -2.09. The normalized spacial score (nSPS) is 10.5. The lowest BCUT2D eigenvalue weighted by Crippen LogP contribution is -2.14. The quantitative estimate of drug-likeness (QED) is 0.870. The highest BCUT2D eigenvalue weighted by Crippen LogP contribution is 2.27. The van der Waals surface area contributed by atoms with Crippen molar-refractivity contribution < 1.29 is 9.90 Å². The fourth-order valence-corrected chi connectivity index (χ4v) is 3.05. The van der Waals surface area contributed by atoms with Crippen molar-refractivity contribution in [1.29, 1.82) is 0 Å². The van der Waals surface area contributed by atoms with Crippen molar-refractivity contribution in [2.75, 3.05) is 11.1 Å². The number of amides is 1. The second-order valence-electron chi connectivity index (χ2n) is 5.50. The third kappa shape index (κ3) is 4.53. The van der Waals surface area contributed by atoms with Gasteiger partial charge in [-0.2, -0.15) is 0 Å². The first-order valence-electron chi connectivity index (χ1n) is 7.19. The molecule has 2 aromatic carbocycles. The van der Waals surface area contributed by atoms with E-state index in [1.807, 2.05) is 57.2 Å². The molecule has 0 atom stereocenters. The number of aryl methyl sites for hydroxylation is 3. The number of carbonyl (C=O) groups excluding carboxylic acids is 1. The van der Waals surface area contributed by atoms with Gasteiger partial charge in [-0.1, -0.05) is 35.4 Å². The highest BCUT2D eigenvalue weighted by molar-refractivity contribution is 7.99. The molecule has 0 fully saturated rings. The van der Waals surface area contributed by atoms with Crippen LogP contribution >= 0.6 is 11.8 Å². The summed E-state index contributed by atoms with van der Waals surface area (Å²) in [6, 6.07) is 11.6. The van der Waals surface area contributed by atoms with E-state index < -0.39 is 0 Å². The zero-order chi connectivity index (χ0) is 16.1. The Labute approximate surface area is 135 Å². The van der Waals surface area contributed by atoms with Crippen LogP contribution in [0.1, 0.15) is 22.3 Å². The van der Waals surface area contributed by atoms with Crippen molar-refractivity contribution in [2.24, 2.45) is 0 Å². The SMILES string of the molecule is Cc1ccc(NC(=O)CSCc2cc(C)cc(C)c2O)cc1. The van der Waals surface area contributed by atoms with Crippen molar-refractivity contribution in [3.8, 4) is 5.75 Å². The Bertz CT molecular complexity index is 666. The molecule has 0 aliphatic heterocycles. The van der Waals surface area contributed by atoms with Gasteiger partial charge in [0.05, 0.1) is 5.75 Å². The van der Waals surface area contributed by atoms with E-state index >= 15 is 0 Å². The average molecular weight is 315 g/mol. The maximum Gasteiger partial charge on any atom is 0.234 e. The number of thioether (sulfide) groups is 1. The number of hydrogen-bond acceptors (Lipinski definition) is 3. The lowest BCUT2D eigenvalue weighted by atomic mass is 10.1. The van der Waals surface area contributed by atoms with Gasteiger partial charge in [-0.05, 0) is 38.5 Å². The summed E-state index contributed by atoms with van der Waals surface area (Å²) in [5.41, 5.74) is 4.85. The van der Waals surface area contributed by atoms with Crippen LogP contribution in [0.15, 0.2) is 36.4 Å². The second kappa shape index (κ2) is 7.36. The Kier molecular flexibility index (Phi) is 5.50. The summed E-state index contributed by atoms with van der Waals surface area (Å²) in [5, 5.41) is 12.9. The van der Waals surface area contributed by atoms with Crippen molar-refractivity contribution in [1.82, 2.24) is 0 Å². The fourth-order valence-electron chi connectivity index (χ4n) is 2.25. The van der Waals surface area contributed by atoms with Crippen molar-refractivity contribution in [2.45, 2.75) is 26.5 Å². The van der Waals surface area contributed by atoms with Crippen LogP contribution in [-0.4, -0.2) is 16.8 Å². The summed E-state index contributed by atoms with van der Waals surface area (Å²) in [6.45, 7) is 5.91. The van der Waals surface area contributed by atoms with Gasteiger partial charge in [0.25, 0.3) is 0 Å². The molecule has 0 unspecified atom stereocenters. The zero-order valence-electron chi connectivity index (χ0n) is 13.1. The van der Waals surface area contributed by atoms with Gasteiger partial charge in [0.1, 0.15) is 5.75 Å². The van der Waals surface area contributed by atoms with Crippen LogP contribution in [-0.2, 0) is 10.5 Å². The number of nitrogens with one attached hydrogen (secondary N) is 1. The predicted molar refractivity (Wildman–Crippen MR) is 93.6 cm³/mol. The maximum absolute atomic E-state index is 11.9. The number of phenolic OH excluding ortho intramolecular Hbond substituents is 1. The summed E-state index contributed by atoms with van der Waals surface area (Å²) >= 11 is 1.50. The topological polar surface area (TPSA) is 49.3 Å². The molecule has 0 spiro atoms. The molecule has 1 amide bonds. The molecule has 116 valence electrons. The monoisotopic (exact) mass is 315 g/mol. The molecule has 22 heavy (non-hydrogen) atoms. The lowest BCUT2D eigenvalue weighted by molar-refractivity contribution is -0.113. The van der Waals surface area contributed by atoms with Crippen LogP contribution in [0.3, 0.4) is 0 Å². The molecule has 2 aromatic rings. The molecular formula is C18H21NO2S. The first-order chi connectivity index (χ1) is 10.5. The fraction of sp³-hybridized carbons (Fsp3) is 0.278. The predicted octanol–water partition coefficient (Wildman–Crippen LogP) is 4.19. The Morgan fingerprint density at radius 3 is 2.45 bits per heavy atom. The summed E-state index contributed by atoms with van der Waals surface area (Å²) in [5.74, 6) is 1.28. The van der Waals surface area contributed by atoms with Crippen LogP contribution in [0.25, 0.3) is 0 Å². The summed E-state index contributed by atoms with van der Waals surface area (Å²) in [6.07, 6.45) is 0. The number of rotatable bonds is 5. The Balaban J connectivity index is 1.86. The van der Waals surface area contributed by atoms with Crippen LogP contribution < -0.4 is 5.32 Å². The average Bonchev–Trinajstić information content (AvgIpc) is 2.46. The Morgan fingerprint density at radius 1 is 1.09 bits per heavy atom. The molecule has 0 aliphatic carbocycles. The molecule has 0 aliphatic rings. The third-order valence-corrected chi connectivity index (χ3v) is 4.33. The Morgan fingerprint density at radius 2 is 1.77 bits per heavy atom. The minimum absolute atomic E-state index is 0.0299. The van der Waals surface area contributed by atoms with E-state index in [1.165, 1.54) is 11.8 Å². The third-order valence-electron chi connectivity index (χ3n) is 3.35. The minimum Gasteiger partial charge on any atom is -0.507 e. The largest absolute Gasteiger partial charge is 0.507 e. The van der Waals surface area contributed by atoms with E-state index in [9.17, 15) is 9.90 Å². The van der Waals surface area contributed by atoms with Gasteiger partial charge in [0, 0.05) is 17.0 Å². The number of carbonyl (C=O) groups is 1. The van der Waals surface area contributed by atoms with Crippen LogP contribution in [0.2, 0.25) is 0 Å². The summed E-state index contributed by atoms with van der Waals surface area (Å²) < 4.78 is 0. The van der Waals surface area contributed by atoms with Gasteiger partial charge in [0.2, 0.25) is 5.91 Å². The molecule has 3 nitrogen and oxygen atoms in total. The highest BCUT2D eigenvalue weighted by Gasteiger charge is 2.08. The van der Waals surface area contributed by atoms with E-state index in [1.54, 1.807) is 0 Å². The van der Waals surface area contributed by atoms with Gasteiger partial charge in [-0.15, -0.1) is 11.8 Å². The van der Waals surface area contributed by atoms with Gasteiger partial charge in [-0.3, -0.25) is 4.79 Å². The van der Waals surface area contributed by atoms with Crippen molar-refractivity contribution >= 4 is 23.4 Å². The highest BCUT2D eigenvalue weighted by atomic mass is 32.2. The number of benzene rings is 2. The summed E-state index contributed by atoms with van der Waals surface area (Å²) in [7, 11) is 0. The van der Waals surface area contributed by atoms with Crippen molar-refractivity contribution in [3.63, 3.8) is 0 Å². The summed E-state index contributed by atoms with van der Waals surface area (Å²) in [4.78, 5) is 11.9. The van der Waals surface area contributed by atoms with Gasteiger partial charge in [-0.25, -0.2) is 0 Å². The number of aromatic hydroxyl groups is 1. The molecule has 4 heteroatoms. The van der Waals surface area contributed by atoms with E-state index in [-0.39, 0.29) is 5.91 Å². The number of anilines is 1. The van der Waals surface area contributed by atoms with Crippen LogP contribution in [0, 0.1) is 20.8 Å². The van der Waals surface area contributed by atoms with Gasteiger partial charge >= 0.3 is 0 Å². The van der Waals surface area contributed by atoms with E-state index in [2.05, 4.69) is 5.32 Å². The molecule has 2 N–H and O–H groups in total. The van der Waals surface area contributed by atoms with E-state index in [0.29, 0.717) is 17.3 Å². The van der Waals surface area contributed by atoms with Crippen LogP contribution in [0.5, 0.6) is 5.75 Å². The number of hydrogen-bond donors (Lipinski definition) is 2. The second-order valence-corrected chi connectivity index (χ2v) is 6.48. The molecule has 0 aromatic heterocycles. The minimum atomic E-state index is -0.0299. The van der Waals surface area contributed by atoms with E-state index in [0.717, 1.165) is 27.9 Å². The zero-order valence-corrected chi connectivity index (χ0v) is 14.0. The number of phenols is 1. The van der Waals surface area contributed by atoms with E-state index in [4.69, 9.17) is 0 Å². The maximum atomic E-state index is 11.9. The van der Waals surface area contributed by atoms with Gasteiger partial charge < -0.3 is 10.4 Å². The Hall–Kier alpha value is -1.94. The molecular weight excluding hydrogens is 294 g/mol. The molecule has 0 saturated heterocycles. The van der Waals surface area contributed by atoms with Crippen LogP contribution in [0.4, 0.5) is 5.69 Å². The first-order valence-corrected chi connectivity index (χ1v) is 8.34.